The molecule has 156 valence electrons. The number of thioether (sulfide) groups is 1. The smallest absolute Gasteiger partial charge is 0.422 e. The van der Waals surface area contributed by atoms with Gasteiger partial charge in [-0.3, -0.25) is 4.79 Å². The number of aromatic nitrogens is 3. The van der Waals surface area contributed by atoms with Crippen LogP contribution in [0, 0.1) is 0 Å². The standard InChI is InChI=1S/C21H22N4O3S2/c1-20(2,3)28-19(27)25-16(14-9-12-29-13-14)23-24-18(25)30-21(10-11-21)17(26)22-15-7-5-4-6-8-15/h4-9,12-13H,10-11H2,1-3H3,(H,22,26). The van der Waals surface area contributed by atoms with Crippen LogP contribution >= 0.6 is 23.1 Å². The third-order valence-corrected chi connectivity index (χ3v) is 6.54. The maximum absolute atomic E-state index is 13.0. The molecule has 1 aliphatic carbocycles. The van der Waals surface area contributed by atoms with Crippen molar-refractivity contribution in [2.24, 2.45) is 0 Å². The van der Waals surface area contributed by atoms with Gasteiger partial charge in [0.1, 0.15) is 10.3 Å². The minimum Gasteiger partial charge on any atom is -0.443 e. The first-order valence-corrected chi connectivity index (χ1v) is 11.3. The Morgan fingerprint density at radius 1 is 1.17 bits per heavy atom. The number of hydrogen-bond donors (Lipinski definition) is 1. The van der Waals surface area contributed by atoms with Crippen molar-refractivity contribution in [3.05, 3.63) is 47.2 Å². The number of carbonyl (C=O) groups is 2. The average molecular weight is 443 g/mol. The topological polar surface area (TPSA) is 86.1 Å². The highest BCUT2D eigenvalue weighted by atomic mass is 32.2. The van der Waals surface area contributed by atoms with Crippen molar-refractivity contribution in [2.45, 2.75) is 49.1 Å². The summed E-state index contributed by atoms with van der Waals surface area (Å²) >= 11 is 2.77. The molecule has 1 aromatic carbocycles. The quantitative estimate of drug-likeness (QED) is 0.595. The molecule has 0 radical (unpaired) electrons. The van der Waals surface area contributed by atoms with E-state index in [0.717, 1.165) is 11.3 Å². The van der Waals surface area contributed by atoms with Gasteiger partial charge in [0.25, 0.3) is 0 Å². The fourth-order valence-corrected chi connectivity index (χ4v) is 4.58. The molecule has 9 heteroatoms. The number of ether oxygens (including phenoxy) is 1. The molecule has 2 heterocycles. The summed E-state index contributed by atoms with van der Waals surface area (Å²) in [4.78, 5) is 25.9. The molecule has 1 aliphatic rings. The lowest BCUT2D eigenvalue weighted by Crippen LogP contribution is -2.30. The van der Waals surface area contributed by atoms with Crippen molar-refractivity contribution in [1.29, 1.82) is 0 Å². The first-order valence-electron chi connectivity index (χ1n) is 9.54. The highest BCUT2D eigenvalue weighted by Gasteiger charge is 2.52. The van der Waals surface area contributed by atoms with Crippen molar-refractivity contribution in [3.8, 4) is 11.4 Å². The van der Waals surface area contributed by atoms with Gasteiger partial charge in [-0.1, -0.05) is 30.0 Å². The van der Waals surface area contributed by atoms with Crippen LogP contribution in [0.2, 0.25) is 0 Å². The lowest BCUT2D eigenvalue weighted by atomic mass is 10.2. The van der Waals surface area contributed by atoms with E-state index >= 15 is 0 Å². The van der Waals surface area contributed by atoms with Gasteiger partial charge in [0.2, 0.25) is 11.1 Å². The van der Waals surface area contributed by atoms with Crippen LogP contribution in [0.1, 0.15) is 33.6 Å². The molecular weight excluding hydrogens is 420 g/mol. The number of amides is 1. The molecule has 1 fully saturated rings. The zero-order valence-corrected chi connectivity index (χ0v) is 18.5. The monoisotopic (exact) mass is 442 g/mol. The Hall–Kier alpha value is -2.65. The molecule has 0 spiro atoms. The summed E-state index contributed by atoms with van der Waals surface area (Å²) in [7, 11) is 0. The van der Waals surface area contributed by atoms with E-state index in [-0.39, 0.29) is 5.91 Å². The molecule has 0 saturated heterocycles. The maximum Gasteiger partial charge on any atom is 0.422 e. The number of anilines is 1. The predicted molar refractivity (Wildman–Crippen MR) is 118 cm³/mol. The summed E-state index contributed by atoms with van der Waals surface area (Å²) in [5.74, 6) is 0.307. The average Bonchev–Trinajstić information content (AvgIpc) is 3.09. The van der Waals surface area contributed by atoms with E-state index in [2.05, 4.69) is 15.5 Å². The van der Waals surface area contributed by atoms with E-state index in [1.165, 1.54) is 27.7 Å². The number of hydrogen-bond acceptors (Lipinski definition) is 7. The molecule has 1 amide bonds. The second-order valence-corrected chi connectivity index (χ2v) is 10.2. The second-order valence-electron chi connectivity index (χ2n) is 8.05. The Bertz CT molecular complexity index is 1050. The molecule has 30 heavy (non-hydrogen) atoms. The molecule has 1 N–H and O–H groups in total. The Labute approximate surface area is 182 Å². The van der Waals surface area contributed by atoms with Crippen molar-refractivity contribution < 1.29 is 14.3 Å². The number of para-hydroxylation sites is 1. The third-order valence-electron chi connectivity index (χ3n) is 4.43. The molecule has 0 atom stereocenters. The van der Waals surface area contributed by atoms with Crippen molar-refractivity contribution in [3.63, 3.8) is 0 Å². The molecule has 3 aromatic rings. The molecule has 0 unspecified atom stereocenters. The lowest BCUT2D eigenvalue weighted by Gasteiger charge is -2.21. The summed E-state index contributed by atoms with van der Waals surface area (Å²) in [6.45, 7) is 5.42. The van der Waals surface area contributed by atoms with Gasteiger partial charge in [0, 0.05) is 16.6 Å². The summed E-state index contributed by atoms with van der Waals surface area (Å²) < 4.78 is 6.28. The maximum atomic E-state index is 13.0. The van der Waals surface area contributed by atoms with Gasteiger partial charge in [-0.05, 0) is 57.2 Å². The molecule has 2 aromatic heterocycles. The Balaban J connectivity index is 1.62. The molecule has 7 nitrogen and oxygen atoms in total. The third kappa shape index (κ3) is 4.41. The van der Waals surface area contributed by atoms with Crippen LogP contribution in [0.3, 0.4) is 0 Å². The van der Waals surface area contributed by atoms with Gasteiger partial charge in [-0.2, -0.15) is 11.3 Å². The van der Waals surface area contributed by atoms with Crippen LogP contribution in [0.4, 0.5) is 10.5 Å². The van der Waals surface area contributed by atoms with Crippen LogP contribution in [-0.4, -0.2) is 37.1 Å². The van der Waals surface area contributed by atoms with E-state index in [1.54, 1.807) is 0 Å². The van der Waals surface area contributed by atoms with Crippen molar-refractivity contribution in [2.75, 3.05) is 5.32 Å². The Morgan fingerprint density at radius 2 is 1.90 bits per heavy atom. The zero-order valence-electron chi connectivity index (χ0n) is 16.9. The number of carbonyl (C=O) groups excluding carboxylic acids is 2. The number of nitrogens with zero attached hydrogens (tertiary/aromatic N) is 3. The fraction of sp³-hybridized carbons (Fsp3) is 0.333. The Morgan fingerprint density at radius 3 is 2.50 bits per heavy atom. The summed E-state index contributed by atoms with van der Waals surface area (Å²) in [6.07, 6.45) is 0.840. The van der Waals surface area contributed by atoms with Crippen LogP contribution in [-0.2, 0) is 9.53 Å². The lowest BCUT2D eigenvalue weighted by molar-refractivity contribution is -0.116. The first-order chi connectivity index (χ1) is 14.3. The number of benzene rings is 1. The number of nitrogens with one attached hydrogen (secondary N) is 1. The normalized spacial score (nSPS) is 14.9. The van der Waals surface area contributed by atoms with E-state index in [1.807, 2.05) is 67.9 Å². The molecule has 0 aliphatic heterocycles. The summed E-state index contributed by atoms with van der Waals surface area (Å²) in [5.41, 5.74) is 0.850. The highest BCUT2D eigenvalue weighted by molar-refractivity contribution is 8.01. The zero-order chi connectivity index (χ0) is 21.4. The van der Waals surface area contributed by atoms with E-state index in [9.17, 15) is 9.59 Å². The fourth-order valence-electron chi connectivity index (χ4n) is 2.82. The van der Waals surface area contributed by atoms with Crippen molar-refractivity contribution in [1.82, 2.24) is 14.8 Å². The summed E-state index contributed by atoms with van der Waals surface area (Å²) in [6, 6.07) is 11.2. The van der Waals surface area contributed by atoms with Gasteiger partial charge >= 0.3 is 6.09 Å². The van der Waals surface area contributed by atoms with Gasteiger partial charge in [0.15, 0.2) is 5.82 Å². The second kappa shape index (κ2) is 7.88. The van der Waals surface area contributed by atoms with E-state index in [4.69, 9.17) is 4.74 Å². The minimum absolute atomic E-state index is 0.102. The van der Waals surface area contributed by atoms with Crippen LogP contribution in [0.5, 0.6) is 0 Å². The highest BCUT2D eigenvalue weighted by Crippen LogP contribution is 2.52. The molecular formula is C21H22N4O3S2. The van der Waals surface area contributed by atoms with Gasteiger partial charge in [-0.25, -0.2) is 9.36 Å². The van der Waals surface area contributed by atoms with Gasteiger partial charge < -0.3 is 10.1 Å². The number of thiophene rings is 1. The van der Waals surface area contributed by atoms with E-state index in [0.29, 0.717) is 23.8 Å². The van der Waals surface area contributed by atoms with Gasteiger partial charge in [-0.15, -0.1) is 10.2 Å². The van der Waals surface area contributed by atoms with Gasteiger partial charge in [0.05, 0.1) is 0 Å². The Kier molecular flexibility index (Phi) is 5.42. The largest absolute Gasteiger partial charge is 0.443 e. The first kappa shape index (κ1) is 20.6. The molecule has 4 rings (SSSR count). The minimum atomic E-state index is -0.672. The number of rotatable bonds is 5. The van der Waals surface area contributed by atoms with Crippen molar-refractivity contribution >= 4 is 40.8 Å². The summed E-state index contributed by atoms with van der Waals surface area (Å²) in [5, 5.41) is 15.6. The predicted octanol–water partition coefficient (Wildman–Crippen LogP) is 5.05. The SMILES string of the molecule is CC(C)(C)OC(=O)n1c(SC2(C(=O)Nc3ccccc3)CC2)nnc1-c1ccsc1. The molecule has 1 saturated carbocycles. The van der Waals surface area contributed by atoms with E-state index < -0.39 is 16.4 Å². The molecule has 0 bridgehead atoms. The van der Waals surface area contributed by atoms with Crippen LogP contribution < -0.4 is 5.32 Å². The van der Waals surface area contributed by atoms with Crippen LogP contribution in [0.15, 0.2) is 52.3 Å². The van der Waals surface area contributed by atoms with Crippen LogP contribution in [0.25, 0.3) is 11.4 Å².